The number of nitrogens with two attached hydrogens (primary N) is 1. The number of ether oxygens (including phenoxy) is 1. The van der Waals surface area contributed by atoms with Crippen molar-refractivity contribution in [1.82, 2.24) is 14.8 Å². The molecule has 0 atom stereocenters. The molecule has 2 heterocycles. The first-order chi connectivity index (χ1) is 16.0. The van der Waals surface area contributed by atoms with Crippen molar-refractivity contribution in [2.75, 3.05) is 51.3 Å². The Morgan fingerprint density at radius 2 is 1.85 bits per heavy atom. The number of piperazine rings is 1. The number of nitrogens with one attached hydrogen (secondary N) is 1. The summed E-state index contributed by atoms with van der Waals surface area (Å²) in [6.07, 6.45) is 1.75. The van der Waals surface area contributed by atoms with E-state index < -0.39 is 0 Å². The van der Waals surface area contributed by atoms with Crippen molar-refractivity contribution in [1.29, 1.82) is 0 Å². The monoisotopic (exact) mass is 505 g/mol. The lowest BCUT2D eigenvalue weighted by molar-refractivity contribution is -0.121. The first-order valence-electron chi connectivity index (χ1n) is 10.9. The van der Waals surface area contributed by atoms with Crippen LogP contribution in [0.25, 0.3) is 10.9 Å². The van der Waals surface area contributed by atoms with Crippen LogP contribution >= 0.6 is 24.0 Å². The quantitative estimate of drug-likeness (QED) is 0.514. The van der Waals surface area contributed by atoms with Gasteiger partial charge in [0.15, 0.2) is 0 Å². The van der Waals surface area contributed by atoms with Gasteiger partial charge in [-0.15, -0.1) is 12.4 Å². The summed E-state index contributed by atoms with van der Waals surface area (Å²) in [6.45, 7) is 3.46. The second-order valence-electron chi connectivity index (χ2n) is 7.92. The average molecular weight is 506 g/mol. The molecule has 1 aromatic heterocycles. The first-order valence-corrected chi connectivity index (χ1v) is 11.3. The Balaban J connectivity index is 0.00000324. The predicted octanol–water partition coefficient (Wildman–Crippen LogP) is 2.76. The molecular weight excluding hydrogens is 477 g/mol. The molecule has 1 saturated heterocycles. The van der Waals surface area contributed by atoms with Crippen LogP contribution < -0.4 is 20.7 Å². The number of nitrogens with zero attached hydrogens (tertiary/aromatic N) is 3. The second-order valence-corrected chi connectivity index (χ2v) is 8.36. The number of para-hydroxylation sites is 2. The van der Waals surface area contributed by atoms with E-state index in [1.54, 1.807) is 30.0 Å². The van der Waals surface area contributed by atoms with Crippen LogP contribution in [0.1, 0.15) is 10.4 Å². The summed E-state index contributed by atoms with van der Waals surface area (Å²) in [5.41, 5.74) is 7.82. The zero-order valence-corrected chi connectivity index (χ0v) is 20.6. The molecule has 1 aliphatic rings. The van der Waals surface area contributed by atoms with E-state index in [1.807, 2.05) is 35.2 Å². The van der Waals surface area contributed by atoms with Gasteiger partial charge in [-0.25, -0.2) is 0 Å². The van der Waals surface area contributed by atoms with Crippen LogP contribution in [0.2, 0.25) is 5.02 Å². The Kier molecular flexibility index (Phi) is 8.66. The summed E-state index contributed by atoms with van der Waals surface area (Å²) in [5, 5.41) is 4.09. The van der Waals surface area contributed by atoms with E-state index in [9.17, 15) is 9.59 Å². The molecule has 3 aromatic rings. The minimum Gasteiger partial charge on any atom is -0.495 e. The molecule has 2 amide bonds. The number of benzene rings is 2. The molecule has 3 N–H and O–H groups in total. The normalized spacial score (nSPS) is 13.5. The summed E-state index contributed by atoms with van der Waals surface area (Å²) in [4.78, 5) is 29.8. The summed E-state index contributed by atoms with van der Waals surface area (Å²) in [6, 6.07) is 13.3. The van der Waals surface area contributed by atoms with Gasteiger partial charge >= 0.3 is 0 Å². The third kappa shape index (κ3) is 5.41. The van der Waals surface area contributed by atoms with Crippen molar-refractivity contribution in [3.8, 4) is 5.75 Å². The summed E-state index contributed by atoms with van der Waals surface area (Å²) in [5.74, 6) is 0.606. The van der Waals surface area contributed by atoms with Gasteiger partial charge in [-0.05, 0) is 24.3 Å². The number of rotatable bonds is 7. The fraction of sp³-hybridized carbons (Fsp3) is 0.333. The van der Waals surface area contributed by atoms with Gasteiger partial charge in [-0.2, -0.15) is 0 Å². The molecule has 1 aliphatic heterocycles. The maximum atomic E-state index is 13.5. The van der Waals surface area contributed by atoms with Crippen molar-refractivity contribution in [2.45, 2.75) is 6.54 Å². The highest BCUT2D eigenvalue weighted by Gasteiger charge is 2.26. The average Bonchev–Trinajstić information content (AvgIpc) is 3.19. The Bertz CT molecular complexity index is 1160. The number of hydrogen-bond donors (Lipinski definition) is 2. The van der Waals surface area contributed by atoms with Gasteiger partial charge in [0, 0.05) is 55.9 Å². The van der Waals surface area contributed by atoms with Gasteiger partial charge in [-0.3, -0.25) is 9.59 Å². The highest BCUT2D eigenvalue weighted by molar-refractivity contribution is 6.31. The van der Waals surface area contributed by atoms with Crippen LogP contribution in [0.15, 0.2) is 48.7 Å². The lowest BCUT2D eigenvalue weighted by Gasteiger charge is -2.36. The van der Waals surface area contributed by atoms with Gasteiger partial charge in [0.2, 0.25) is 5.91 Å². The Morgan fingerprint density at radius 1 is 1.12 bits per heavy atom. The molecule has 8 nitrogen and oxygen atoms in total. The molecule has 10 heteroatoms. The van der Waals surface area contributed by atoms with Gasteiger partial charge in [0.1, 0.15) is 12.3 Å². The highest BCUT2D eigenvalue weighted by Crippen LogP contribution is 2.30. The zero-order valence-electron chi connectivity index (χ0n) is 19.0. The number of anilines is 1. The molecule has 182 valence electrons. The Morgan fingerprint density at radius 3 is 2.56 bits per heavy atom. The zero-order chi connectivity index (χ0) is 23.4. The maximum Gasteiger partial charge on any atom is 0.256 e. The second kappa shape index (κ2) is 11.5. The van der Waals surface area contributed by atoms with Crippen LogP contribution in [-0.2, 0) is 11.3 Å². The highest BCUT2D eigenvalue weighted by atomic mass is 35.5. The largest absolute Gasteiger partial charge is 0.495 e. The predicted molar refractivity (Wildman–Crippen MR) is 137 cm³/mol. The topological polar surface area (TPSA) is 92.8 Å². The molecule has 1 fully saturated rings. The van der Waals surface area contributed by atoms with E-state index in [2.05, 4.69) is 10.2 Å². The molecule has 0 aliphatic carbocycles. The van der Waals surface area contributed by atoms with Crippen LogP contribution in [0.3, 0.4) is 0 Å². The fourth-order valence-corrected chi connectivity index (χ4v) is 4.37. The molecule has 0 bridgehead atoms. The summed E-state index contributed by atoms with van der Waals surface area (Å²) >= 11 is 6.21. The van der Waals surface area contributed by atoms with E-state index in [1.165, 1.54) is 0 Å². The lowest BCUT2D eigenvalue weighted by Crippen LogP contribution is -2.48. The van der Waals surface area contributed by atoms with Crippen molar-refractivity contribution in [2.24, 2.45) is 5.73 Å². The molecule has 4 rings (SSSR count). The third-order valence-corrected chi connectivity index (χ3v) is 6.08. The van der Waals surface area contributed by atoms with Gasteiger partial charge in [0.25, 0.3) is 5.91 Å². The summed E-state index contributed by atoms with van der Waals surface area (Å²) < 4.78 is 7.25. The third-order valence-electron chi connectivity index (χ3n) is 5.85. The van der Waals surface area contributed by atoms with Crippen LogP contribution in [0.4, 0.5) is 5.69 Å². The number of hydrogen-bond acceptors (Lipinski definition) is 5. The Hall–Kier alpha value is -2.94. The van der Waals surface area contributed by atoms with E-state index in [0.717, 1.165) is 22.3 Å². The van der Waals surface area contributed by atoms with E-state index in [0.29, 0.717) is 49.9 Å². The van der Waals surface area contributed by atoms with Crippen molar-refractivity contribution >= 4 is 52.4 Å². The number of aromatic nitrogens is 1. The van der Waals surface area contributed by atoms with Crippen LogP contribution in [-0.4, -0.2) is 67.7 Å². The number of carbonyl (C=O) groups excluding carboxylic acids is 2. The lowest BCUT2D eigenvalue weighted by atomic mass is 10.1. The minimum absolute atomic E-state index is 0. The number of carbonyl (C=O) groups is 2. The van der Waals surface area contributed by atoms with Crippen molar-refractivity contribution in [3.05, 3.63) is 59.2 Å². The number of methoxy groups -OCH3 is 1. The van der Waals surface area contributed by atoms with E-state index in [-0.39, 0.29) is 30.8 Å². The maximum absolute atomic E-state index is 13.5. The van der Waals surface area contributed by atoms with Crippen molar-refractivity contribution < 1.29 is 14.3 Å². The number of amides is 2. The van der Waals surface area contributed by atoms with Gasteiger partial charge < -0.3 is 30.2 Å². The SMILES string of the molecule is COc1ccccc1N1CCN(C(=O)c2cn(CC(=O)NCCN)c3cc(Cl)ccc23)CC1.Cl. The fourth-order valence-electron chi connectivity index (χ4n) is 4.20. The van der Waals surface area contributed by atoms with E-state index >= 15 is 0 Å². The molecule has 34 heavy (non-hydrogen) atoms. The van der Waals surface area contributed by atoms with Crippen molar-refractivity contribution in [3.63, 3.8) is 0 Å². The minimum atomic E-state index is -0.165. The summed E-state index contributed by atoms with van der Waals surface area (Å²) in [7, 11) is 1.66. The van der Waals surface area contributed by atoms with Gasteiger partial charge in [0.05, 0.1) is 23.9 Å². The molecule has 2 aromatic carbocycles. The molecule has 0 spiro atoms. The smallest absolute Gasteiger partial charge is 0.256 e. The molecule has 0 radical (unpaired) electrons. The van der Waals surface area contributed by atoms with Crippen LogP contribution in [0.5, 0.6) is 5.75 Å². The molecule has 0 saturated carbocycles. The van der Waals surface area contributed by atoms with E-state index in [4.69, 9.17) is 22.1 Å². The molecular formula is C24H29Cl2N5O3. The number of halogens is 2. The Labute approximate surface area is 210 Å². The van der Waals surface area contributed by atoms with Crippen LogP contribution in [0, 0.1) is 0 Å². The van der Waals surface area contributed by atoms with Gasteiger partial charge in [-0.1, -0.05) is 29.8 Å². The molecule has 0 unspecified atom stereocenters. The standard InChI is InChI=1S/C24H28ClN5O3.ClH/c1-33-22-5-3-2-4-20(22)28-10-12-29(13-11-28)24(32)19-15-30(16-23(31)27-9-8-26)21-14-17(25)6-7-18(19)21;/h2-7,14-15H,8-13,16,26H2,1H3,(H,27,31);1H. The number of fused-ring (bicyclic) bond motifs is 1. The first kappa shape index (κ1) is 25.7.